The van der Waals surface area contributed by atoms with Gasteiger partial charge in [0, 0.05) is 19.5 Å². The molecule has 0 aliphatic rings. The summed E-state index contributed by atoms with van der Waals surface area (Å²) in [5, 5.41) is 2.95. The lowest BCUT2D eigenvalue weighted by atomic mass is 10.0. The predicted octanol–water partition coefficient (Wildman–Crippen LogP) is 5.37. The number of rotatable bonds is 15. The van der Waals surface area contributed by atoms with Crippen molar-refractivity contribution >= 4 is 27.5 Å². The molecule has 1 N–H and O–H groups in total. The SMILES string of the molecule is CCCNC(=O)[C@@H](Cc1ccccc1)N(Cc1cccc(OC)c1)C(=O)CN(c1ccc(OC)cc1)S(=O)(=O)c1ccc(C)cc1. The Labute approximate surface area is 271 Å². The molecule has 242 valence electrons. The lowest BCUT2D eigenvalue weighted by molar-refractivity contribution is -0.140. The van der Waals surface area contributed by atoms with Crippen molar-refractivity contribution in [2.24, 2.45) is 0 Å². The molecular weight excluding hydrogens is 602 g/mol. The first-order valence-corrected chi connectivity index (χ1v) is 16.6. The Morgan fingerprint density at radius 2 is 1.46 bits per heavy atom. The maximum absolute atomic E-state index is 14.5. The topological polar surface area (TPSA) is 105 Å². The summed E-state index contributed by atoms with van der Waals surface area (Å²) >= 11 is 0. The van der Waals surface area contributed by atoms with E-state index in [1.807, 2.05) is 56.3 Å². The maximum Gasteiger partial charge on any atom is 0.264 e. The molecule has 0 radical (unpaired) electrons. The molecule has 0 aromatic heterocycles. The molecule has 0 unspecified atom stereocenters. The van der Waals surface area contributed by atoms with Crippen molar-refractivity contribution in [1.82, 2.24) is 10.2 Å². The predicted molar refractivity (Wildman–Crippen MR) is 179 cm³/mol. The Hall–Kier alpha value is -4.83. The molecule has 0 saturated carbocycles. The Morgan fingerprint density at radius 1 is 0.804 bits per heavy atom. The van der Waals surface area contributed by atoms with Crippen LogP contribution in [0.5, 0.6) is 11.5 Å². The quantitative estimate of drug-likeness (QED) is 0.187. The molecule has 0 fully saturated rings. The van der Waals surface area contributed by atoms with E-state index in [-0.39, 0.29) is 29.5 Å². The van der Waals surface area contributed by atoms with Gasteiger partial charge in [-0.2, -0.15) is 0 Å². The van der Waals surface area contributed by atoms with E-state index in [1.54, 1.807) is 55.6 Å². The van der Waals surface area contributed by atoms with Gasteiger partial charge in [-0.15, -0.1) is 0 Å². The van der Waals surface area contributed by atoms with E-state index < -0.39 is 28.5 Å². The number of aryl methyl sites for hydroxylation is 1. The van der Waals surface area contributed by atoms with E-state index in [1.165, 1.54) is 24.1 Å². The molecule has 0 aliphatic carbocycles. The van der Waals surface area contributed by atoms with Crippen LogP contribution in [-0.2, 0) is 32.6 Å². The Kier molecular flexibility index (Phi) is 11.8. The van der Waals surface area contributed by atoms with Crippen molar-refractivity contribution in [3.63, 3.8) is 0 Å². The molecule has 0 saturated heterocycles. The lowest BCUT2D eigenvalue weighted by Crippen LogP contribution is -2.53. The molecule has 4 rings (SSSR count). The summed E-state index contributed by atoms with van der Waals surface area (Å²) in [5.74, 6) is 0.279. The number of carbonyl (C=O) groups excluding carboxylic acids is 2. The van der Waals surface area contributed by atoms with Crippen LogP contribution in [0.3, 0.4) is 0 Å². The Balaban J connectivity index is 1.80. The molecule has 2 amide bonds. The van der Waals surface area contributed by atoms with E-state index in [9.17, 15) is 18.0 Å². The second kappa shape index (κ2) is 15.9. The van der Waals surface area contributed by atoms with Crippen LogP contribution in [-0.4, -0.2) is 58.5 Å². The van der Waals surface area contributed by atoms with Gasteiger partial charge in [-0.25, -0.2) is 8.42 Å². The van der Waals surface area contributed by atoms with Crippen LogP contribution >= 0.6 is 0 Å². The number of nitrogens with zero attached hydrogens (tertiary/aromatic N) is 2. The van der Waals surface area contributed by atoms with Gasteiger partial charge in [0.05, 0.1) is 24.8 Å². The van der Waals surface area contributed by atoms with Crippen LogP contribution in [0, 0.1) is 6.92 Å². The fourth-order valence-corrected chi connectivity index (χ4v) is 6.42. The highest BCUT2D eigenvalue weighted by Crippen LogP contribution is 2.27. The van der Waals surface area contributed by atoms with Crippen molar-refractivity contribution in [3.8, 4) is 11.5 Å². The first kappa shape index (κ1) is 34.1. The number of methoxy groups -OCH3 is 2. The van der Waals surface area contributed by atoms with Gasteiger partial charge in [-0.1, -0.05) is 67.1 Å². The summed E-state index contributed by atoms with van der Waals surface area (Å²) in [6.45, 7) is 3.76. The molecule has 0 spiro atoms. The van der Waals surface area contributed by atoms with Crippen LogP contribution in [0.4, 0.5) is 5.69 Å². The minimum Gasteiger partial charge on any atom is -0.497 e. The number of anilines is 1. The van der Waals surface area contributed by atoms with Gasteiger partial charge in [-0.3, -0.25) is 13.9 Å². The van der Waals surface area contributed by atoms with Crippen molar-refractivity contribution in [1.29, 1.82) is 0 Å². The van der Waals surface area contributed by atoms with Crippen molar-refractivity contribution in [3.05, 3.63) is 120 Å². The van der Waals surface area contributed by atoms with E-state index >= 15 is 0 Å². The van der Waals surface area contributed by atoms with E-state index in [4.69, 9.17) is 9.47 Å². The van der Waals surface area contributed by atoms with Gasteiger partial charge < -0.3 is 19.7 Å². The van der Waals surface area contributed by atoms with Crippen molar-refractivity contribution < 1.29 is 27.5 Å². The third-order valence-electron chi connectivity index (χ3n) is 7.56. The average molecular weight is 644 g/mol. The van der Waals surface area contributed by atoms with E-state index in [2.05, 4.69) is 5.32 Å². The number of hydrogen-bond acceptors (Lipinski definition) is 6. The molecule has 0 aliphatic heterocycles. The lowest BCUT2D eigenvalue weighted by Gasteiger charge is -2.34. The molecule has 0 bridgehead atoms. The number of carbonyl (C=O) groups is 2. The summed E-state index contributed by atoms with van der Waals surface area (Å²) in [5.41, 5.74) is 2.77. The summed E-state index contributed by atoms with van der Waals surface area (Å²) < 4.78 is 40.1. The molecular formula is C36H41N3O6S. The Bertz CT molecular complexity index is 1690. The van der Waals surface area contributed by atoms with Gasteiger partial charge in [0.15, 0.2) is 0 Å². The molecule has 9 nitrogen and oxygen atoms in total. The van der Waals surface area contributed by atoms with E-state index in [0.717, 1.165) is 21.0 Å². The number of benzene rings is 4. The minimum absolute atomic E-state index is 0.0441. The van der Waals surface area contributed by atoms with Crippen LogP contribution in [0.15, 0.2) is 108 Å². The zero-order valence-electron chi connectivity index (χ0n) is 26.7. The summed E-state index contributed by atoms with van der Waals surface area (Å²) in [7, 11) is -1.12. The summed E-state index contributed by atoms with van der Waals surface area (Å²) in [4.78, 5) is 29.8. The van der Waals surface area contributed by atoms with Crippen LogP contribution in [0.2, 0.25) is 0 Å². The highest BCUT2D eigenvalue weighted by atomic mass is 32.2. The molecule has 1 atom stereocenters. The van der Waals surface area contributed by atoms with Crippen molar-refractivity contribution in [2.75, 3.05) is 31.6 Å². The number of amides is 2. The summed E-state index contributed by atoms with van der Waals surface area (Å²) in [6.07, 6.45) is 0.951. The van der Waals surface area contributed by atoms with Crippen LogP contribution in [0.25, 0.3) is 0 Å². The third-order valence-corrected chi connectivity index (χ3v) is 9.34. The van der Waals surface area contributed by atoms with Gasteiger partial charge in [0.25, 0.3) is 10.0 Å². The standard InChI is InChI=1S/C36H41N3O6S/c1-5-22-37-36(41)34(24-28-10-7-6-8-11-28)38(25-29-12-9-13-32(23-29)45-4)35(40)26-39(30-16-18-31(44-3)19-17-30)46(42,43)33-20-14-27(2)15-21-33/h6-21,23,34H,5,22,24-26H2,1-4H3,(H,37,41)/t34-/m1/s1. The highest BCUT2D eigenvalue weighted by molar-refractivity contribution is 7.92. The normalized spacial score (nSPS) is 11.7. The van der Waals surface area contributed by atoms with Gasteiger partial charge in [0.1, 0.15) is 24.1 Å². The molecule has 4 aromatic carbocycles. The zero-order chi connectivity index (χ0) is 33.1. The number of hydrogen-bond donors (Lipinski definition) is 1. The third kappa shape index (κ3) is 8.66. The minimum atomic E-state index is -4.20. The van der Waals surface area contributed by atoms with Crippen LogP contribution < -0.4 is 19.1 Å². The zero-order valence-corrected chi connectivity index (χ0v) is 27.5. The fourth-order valence-electron chi connectivity index (χ4n) is 5.00. The second-order valence-electron chi connectivity index (χ2n) is 10.9. The van der Waals surface area contributed by atoms with Gasteiger partial charge in [0.2, 0.25) is 11.8 Å². The monoisotopic (exact) mass is 643 g/mol. The van der Waals surface area contributed by atoms with Crippen molar-refractivity contribution in [2.45, 2.75) is 44.2 Å². The first-order valence-electron chi connectivity index (χ1n) is 15.1. The number of ether oxygens (including phenoxy) is 2. The fraction of sp³-hybridized carbons (Fsp3) is 0.278. The second-order valence-corrected chi connectivity index (χ2v) is 12.8. The largest absolute Gasteiger partial charge is 0.497 e. The van der Waals surface area contributed by atoms with Gasteiger partial charge in [-0.05, 0) is 73.0 Å². The maximum atomic E-state index is 14.5. The van der Waals surface area contributed by atoms with E-state index in [0.29, 0.717) is 24.5 Å². The number of sulfonamides is 1. The highest BCUT2D eigenvalue weighted by Gasteiger charge is 2.34. The molecule has 46 heavy (non-hydrogen) atoms. The Morgan fingerprint density at radius 3 is 2.09 bits per heavy atom. The first-order chi connectivity index (χ1) is 22.2. The average Bonchev–Trinajstić information content (AvgIpc) is 3.08. The molecule has 0 heterocycles. The van der Waals surface area contributed by atoms with Crippen LogP contribution in [0.1, 0.15) is 30.0 Å². The van der Waals surface area contributed by atoms with Gasteiger partial charge >= 0.3 is 0 Å². The number of nitrogens with one attached hydrogen (secondary N) is 1. The summed E-state index contributed by atoms with van der Waals surface area (Å²) in [6, 6.07) is 28.7. The smallest absolute Gasteiger partial charge is 0.264 e. The molecule has 10 heteroatoms. The molecule has 4 aromatic rings.